The Morgan fingerprint density at radius 1 is 1.27 bits per heavy atom. The highest BCUT2D eigenvalue weighted by atomic mass is 19.3. The molecule has 0 radical (unpaired) electrons. The number of halogens is 3. The van der Waals surface area contributed by atoms with E-state index in [-0.39, 0.29) is 25.8 Å². The van der Waals surface area contributed by atoms with Gasteiger partial charge in [-0.3, -0.25) is 4.39 Å². The second-order valence-electron chi connectivity index (χ2n) is 3.35. The van der Waals surface area contributed by atoms with E-state index in [9.17, 15) is 13.2 Å². The molecule has 0 aromatic carbocycles. The molecule has 1 aliphatic carbocycles. The molecule has 0 amide bonds. The van der Waals surface area contributed by atoms with E-state index in [1.807, 2.05) is 0 Å². The van der Waals surface area contributed by atoms with Gasteiger partial charge in [-0.2, -0.15) is 0 Å². The number of alkyl halides is 3. The molecule has 0 aromatic rings. The van der Waals surface area contributed by atoms with E-state index in [2.05, 4.69) is 0 Å². The Balaban J connectivity index is 2.43. The van der Waals surface area contributed by atoms with Crippen LogP contribution in [-0.4, -0.2) is 19.1 Å². The van der Waals surface area contributed by atoms with E-state index in [0.717, 1.165) is 0 Å². The van der Waals surface area contributed by atoms with Crippen LogP contribution in [0.3, 0.4) is 0 Å². The zero-order valence-corrected chi connectivity index (χ0v) is 6.25. The lowest BCUT2D eigenvalue weighted by Crippen LogP contribution is -2.50. The molecular weight excluding hydrogens is 155 g/mol. The van der Waals surface area contributed by atoms with Crippen LogP contribution in [0.15, 0.2) is 0 Å². The van der Waals surface area contributed by atoms with Gasteiger partial charge in [0.05, 0.1) is 6.67 Å². The average molecular weight is 167 g/mol. The van der Waals surface area contributed by atoms with Crippen LogP contribution in [0.4, 0.5) is 13.2 Å². The van der Waals surface area contributed by atoms with Crippen molar-refractivity contribution in [1.29, 1.82) is 0 Å². The molecule has 1 nitrogen and oxygen atoms in total. The number of hydrogen-bond acceptors (Lipinski definition) is 1. The van der Waals surface area contributed by atoms with Gasteiger partial charge in [0, 0.05) is 12.8 Å². The summed E-state index contributed by atoms with van der Waals surface area (Å²) < 4.78 is 36.6. The Kier molecular flexibility index (Phi) is 2.14. The monoisotopic (exact) mass is 167 g/mol. The molecule has 1 saturated carbocycles. The van der Waals surface area contributed by atoms with E-state index in [4.69, 9.17) is 5.73 Å². The van der Waals surface area contributed by atoms with Gasteiger partial charge in [0.15, 0.2) is 0 Å². The third kappa shape index (κ3) is 1.67. The zero-order valence-electron chi connectivity index (χ0n) is 6.25. The lowest BCUT2D eigenvalue weighted by Gasteiger charge is -2.46. The third-order valence-corrected chi connectivity index (χ3v) is 2.33. The van der Waals surface area contributed by atoms with E-state index in [1.165, 1.54) is 0 Å². The molecule has 1 fully saturated rings. The van der Waals surface area contributed by atoms with Crippen molar-refractivity contribution >= 4 is 0 Å². The minimum atomic E-state index is -2.59. The molecule has 0 atom stereocenters. The summed E-state index contributed by atoms with van der Waals surface area (Å²) in [4.78, 5) is 0. The Labute approximate surface area is 63.8 Å². The normalized spacial score (nSPS) is 26.2. The van der Waals surface area contributed by atoms with Gasteiger partial charge in [-0.15, -0.1) is 0 Å². The molecule has 0 aliphatic heterocycles. The molecule has 0 heterocycles. The number of rotatable bonds is 3. The predicted octanol–water partition coefficient (Wildman–Crippen LogP) is 1.72. The summed E-state index contributed by atoms with van der Waals surface area (Å²) in [6.45, 7) is -0.375. The fourth-order valence-electron chi connectivity index (χ4n) is 1.67. The standard InChI is InChI=1S/C7H12F3N/c8-2-1-6(5-11)3-7(9,10)4-6/h1-5,11H2. The average Bonchev–Trinajstić information content (AvgIpc) is 1.84. The summed E-state index contributed by atoms with van der Waals surface area (Å²) in [6, 6.07) is 0. The molecule has 1 aliphatic rings. The Bertz CT molecular complexity index is 139. The fourth-order valence-corrected chi connectivity index (χ4v) is 1.67. The highest BCUT2D eigenvalue weighted by Gasteiger charge is 2.55. The summed E-state index contributed by atoms with van der Waals surface area (Å²) in [5, 5.41) is 0. The van der Waals surface area contributed by atoms with Crippen LogP contribution in [0.25, 0.3) is 0 Å². The lowest BCUT2D eigenvalue weighted by molar-refractivity contribution is -0.160. The van der Waals surface area contributed by atoms with Gasteiger partial charge < -0.3 is 5.73 Å². The maximum absolute atomic E-state index is 12.4. The van der Waals surface area contributed by atoms with Crippen molar-refractivity contribution in [2.24, 2.45) is 11.1 Å². The lowest BCUT2D eigenvalue weighted by atomic mass is 9.64. The van der Waals surface area contributed by atoms with Gasteiger partial charge in [-0.05, 0) is 18.4 Å². The van der Waals surface area contributed by atoms with Crippen LogP contribution in [-0.2, 0) is 0 Å². The SMILES string of the molecule is NCC1(CCF)CC(F)(F)C1. The second kappa shape index (κ2) is 2.66. The number of nitrogens with two attached hydrogens (primary N) is 1. The van der Waals surface area contributed by atoms with Crippen molar-refractivity contribution in [2.45, 2.75) is 25.2 Å². The van der Waals surface area contributed by atoms with Crippen molar-refractivity contribution in [3.8, 4) is 0 Å². The first-order valence-electron chi connectivity index (χ1n) is 3.67. The van der Waals surface area contributed by atoms with Gasteiger partial charge in [0.1, 0.15) is 0 Å². The Hall–Kier alpha value is -0.250. The van der Waals surface area contributed by atoms with Crippen LogP contribution in [0.1, 0.15) is 19.3 Å². The van der Waals surface area contributed by atoms with Crippen molar-refractivity contribution < 1.29 is 13.2 Å². The molecule has 0 aromatic heterocycles. The van der Waals surface area contributed by atoms with Crippen molar-refractivity contribution in [2.75, 3.05) is 13.2 Å². The summed E-state index contributed by atoms with van der Waals surface area (Å²) in [7, 11) is 0. The van der Waals surface area contributed by atoms with Crippen LogP contribution < -0.4 is 5.73 Å². The molecule has 4 heteroatoms. The molecule has 1 rings (SSSR count). The molecule has 11 heavy (non-hydrogen) atoms. The van der Waals surface area contributed by atoms with E-state index in [0.29, 0.717) is 0 Å². The quantitative estimate of drug-likeness (QED) is 0.680. The minimum Gasteiger partial charge on any atom is -0.330 e. The first-order valence-corrected chi connectivity index (χ1v) is 3.67. The minimum absolute atomic E-state index is 0.173. The predicted molar refractivity (Wildman–Crippen MR) is 36.3 cm³/mol. The molecule has 0 bridgehead atoms. The zero-order chi connectivity index (χ0) is 8.54. The molecule has 2 N–H and O–H groups in total. The van der Waals surface area contributed by atoms with Crippen LogP contribution in [0, 0.1) is 5.41 Å². The van der Waals surface area contributed by atoms with Crippen molar-refractivity contribution in [1.82, 2.24) is 0 Å². The van der Waals surface area contributed by atoms with Gasteiger partial charge in [-0.25, -0.2) is 8.78 Å². The highest BCUT2D eigenvalue weighted by Crippen LogP contribution is 2.53. The molecule has 0 spiro atoms. The molecule has 66 valence electrons. The van der Waals surface area contributed by atoms with Gasteiger partial charge in [0.2, 0.25) is 5.92 Å². The van der Waals surface area contributed by atoms with E-state index >= 15 is 0 Å². The first kappa shape index (κ1) is 8.84. The first-order chi connectivity index (χ1) is 5.04. The summed E-state index contributed by atoms with van der Waals surface area (Å²) in [5.74, 6) is -2.59. The third-order valence-electron chi connectivity index (χ3n) is 2.33. The maximum atomic E-state index is 12.4. The summed E-state index contributed by atoms with van der Waals surface area (Å²) in [5.41, 5.74) is 4.68. The Morgan fingerprint density at radius 2 is 1.82 bits per heavy atom. The maximum Gasteiger partial charge on any atom is 0.249 e. The largest absolute Gasteiger partial charge is 0.330 e. The van der Waals surface area contributed by atoms with E-state index in [1.54, 1.807) is 0 Å². The van der Waals surface area contributed by atoms with Crippen LogP contribution >= 0.6 is 0 Å². The van der Waals surface area contributed by atoms with Gasteiger partial charge >= 0.3 is 0 Å². The number of hydrogen-bond donors (Lipinski definition) is 1. The second-order valence-corrected chi connectivity index (χ2v) is 3.35. The van der Waals surface area contributed by atoms with Crippen LogP contribution in [0.5, 0.6) is 0 Å². The molecule has 0 unspecified atom stereocenters. The van der Waals surface area contributed by atoms with Gasteiger partial charge in [0.25, 0.3) is 0 Å². The van der Waals surface area contributed by atoms with Crippen molar-refractivity contribution in [3.63, 3.8) is 0 Å². The van der Waals surface area contributed by atoms with Crippen molar-refractivity contribution in [3.05, 3.63) is 0 Å². The smallest absolute Gasteiger partial charge is 0.249 e. The molecule has 0 saturated heterocycles. The van der Waals surface area contributed by atoms with Crippen LogP contribution in [0.2, 0.25) is 0 Å². The van der Waals surface area contributed by atoms with Gasteiger partial charge in [-0.1, -0.05) is 0 Å². The summed E-state index contributed by atoms with van der Waals surface area (Å²) in [6.07, 6.45) is -0.292. The fraction of sp³-hybridized carbons (Fsp3) is 1.00. The molecular formula is C7H12F3N. The van der Waals surface area contributed by atoms with E-state index < -0.39 is 18.0 Å². The highest BCUT2D eigenvalue weighted by molar-refractivity contribution is 4.99. The topological polar surface area (TPSA) is 26.0 Å². The summed E-state index contributed by atoms with van der Waals surface area (Å²) >= 11 is 0. The Morgan fingerprint density at radius 3 is 2.09 bits per heavy atom.